The van der Waals surface area contributed by atoms with E-state index in [0.717, 1.165) is 22.4 Å². The van der Waals surface area contributed by atoms with Gasteiger partial charge in [-0.3, -0.25) is 10.1 Å². The van der Waals surface area contributed by atoms with Crippen molar-refractivity contribution < 1.29 is 4.92 Å². The van der Waals surface area contributed by atoms with Crippen LogP contribution >= 0.6 is 0 Å². The molecule has 4 rings (SSSR count). The maximum atomic E-state index is 10.9. The van der Waals surface area contributed by atoms with Crippen LogP contribution < -0.4 is 16.1 Å². The van der Waals surface area contributed by atoms with Crippen LogP contribution in [0.3, 0.4) is 0 Å². The smallest absolute Gasteiger partial charge is 0.269 e. The number of nitro groups is 1. The highest BCUT2D eigenvalue weighted by Crippen LogP contribution is 2.22. The Morgan fingerprint density at radius 2 is 1.40 bits per heavy atom. The van der Waals surface area contributed by atoms with E-state index in [1.807, 2.05) is 63.2 Å². The molecule has 0 aliphatic carbocycles. The normalized spacial score (nSPS) is 10.8. The molecule has 176 valence electrons. The molecule has 4 aromatic rings. The minimum absolute atomic E-state index is 0.00353. The van der Waals surface area contributed by atoms with Crippen LogP contribution in [-0.4, -0.2) is 26.1 Å². The Morgan fingerprint density at radius 3 is 2.06 bits per heavy atom. The highest BCUT2D eigenvalue weighted by Gasteiger charge is 2.10. The van der Waals surface area contributed by atoms with Crippen LogP contribution in [0.15, 0.2) is 71.8 Å². The highest BCUT2D eigenvalue weighted by molar-refractivity contribution is 5.82. The maximum absolute atomic E-state index is 10.9. The minimum atomic E-state index is -0.452. The molecule has 1 aromatic heterocycles. The number of nitrogens with zero attached hydrogens (tertiary/aromatic N) is 5. The van der Waals surface area contributed by atoms with Gasteiger partial charge in [0.2, 0.25) is 17.8 Å². The second-order valence-electron chi connectivity index (χ2n) is 7.89. The molecule has 0 saturated carbocycles. The van der Waals surface area contributed by atoms with E-state index >= 15 is 0 Å². The Kier molecular flexibility index (Phi) is 6.91. The number of aryl methyl sites for hydroxylation is 3. The molecule has 0 spiro atoms. The van der Waals surface area contributed by atoms with Crippen molar-refractivity contribution in [3.05, 3.63) is 99.1 Å². The topological polar surface area (TPSA) is 130 Å². The number of aromatic nitrogens is 3. The Labute approximate surface area is 202 Å². The molecule has 35 heavy (non-hydrogen) atoms. The standard InChI is InChI=1S/C25H24N8O2/c1-16-8-9-21(14-18(16)3)28-24-29-23(27-20-10-12-22(13-11-20)33(34)35)30-25(31-24)32-26-15-19-7-5-4-6-17(19)2/h4-15H,1-3H3,(H3,27,28,29,30,31,32)/b26-15-. The first-order valence-electron chi connectivity index (χ1n) is 10.8. The van der Waals surface area contributed by atoms with Crippen molar-refractivity contribution in [3.8, 4) is 0 Å². The molecule has 0 aliphatic heterocycles. The number of hydrogen-bond acceptors (Lipinski definition) is 9. The van der Waals surface area contributed by atoms with Crippen LogP contribution in [-0.2, 0) is 0 Å². The molecule has 10 nitrogen and oxygen atoms in total. The van der Waals surface area contributed by atoms with E-state index in [4.69, 9.17) is 0 Å². The van der Waals surface area contributed by atoms with Crippen LogP contribution in [0, 0.1) is 30.9 Å². The van der Waals surface area contributed by atoms with Crippen molar-refractivity contribution in [2.45, 2.75) is 20.8 Å². The van der Waals surface area contributed by atoms with Crippen molar-refractivity contribution in [3.63, 3.8) is 0 Å². The molecule has 10 heteroatoms. The van der Waals surface area contributed by atoms with Crippen molar-refractivity contribution in [1.29, 1.82) is 0 Å². The van der Waals surface area contributed by atoms with Gasteiger partial charge in [-0.15, -0.1) is 0 Å². The average molecular weight is 469 g/mol. The van der Waals surface area contributed by atoms with Gasteiger partial charge in [0.05, 0.1) is 11.1 Å². The van der Waals surface area contributed by atoms with Gasteiger partial charge in [-0.1, -0.05) is 30.3 Å². The molecule has 0 amide bonds. The first-order chi connectivity index (χ1) is 16.9. The summed E-state index contributed by atoms with van der Waals surface area (Å²) in [4.78, 5) is 23.7. The van der Waals surface area contributed by atoms with Gasteiger partial charge in [0.25, 0.3) is 5.69 Å². The zero-order chi connectivity index (χ0) is 24.8. The lowest BCUT2D eigenvalue weighted by Gasteiger charge is -2.11. The van der Waals surface area contributed by atoms with E-state index in [9.17, 15) is 10.1 Å². The summed E-state index contributed by atoms with van der Waals surface area (Å²) in [5.41, 5.74) is 8.64. The number of nitro benzene ring substituents is 1. The second-order valence-corrected chi connectivity index (χ2v) is 7.89. The molecule has 0 aliphatic rings. The second kappa shape index (κ2) is 10.4. The van der Waals surface area contributed by atoms with Crippen LogP contribution in [0.5, 0.6) is 0 Å². The van der Waals surface area contributed by atoms with Gasteiger partial charge in [0, 0.05) is 23.5 Å². The van der Waals surface area contributed by atoms with Crippen molar-refractivity contribution in [2.75, 3.05) is 16.1 Å². The number of hydrogen-bond donors (Lipinski definition) is 3. The molecule has 0 unspecified atom stereocenters. The molecule has 0 bridgehead atoms. The number of non-ortho nitro benzene ring substituents is 1. The fourth-order valence-electron chi connectivity index (χ4n) is 3.17. The Bertz CT molecular complexity index is 1390. The predicted molar refractivity (Wildman–Crippen MR) is 138 cm³/mol. The zero-order valence-corrected chi connectivity index (χ0v) is 19.5. The van der Waals surface area contributed by atoms with Crippen LogP contribution in [0.2, 0.25) is 0 Å². The Balaban J connectivity index is 1.60. The first kappa shape index (κ1) is 23.3. The van der Waals surface area contributed by atoms with Crippen LogP contribution in [0.25, 0.3) is 0 Å². The van der Waals surface area contributed by atoms with Crippen LogP contribution in [0.4, 0.5) is 34.9 Å². The van der Waals surface area contributed by atoms with Gasteiger partial charge >= 0.3 is 0 Å². The van der Waals surface area contributed by atoms with Gasteiger partial charge in [0.1, 0.15) is 0 Å². The zero-order valence-electron chi connectivity index (χ0n) is 19.5. The molecule has 0 saturated heterocycles. The fraction of sp³-hybridized carbons (Fsp3) is 0.120. The minimum Gasteiger partial charge on any atom is -0.324 e. The van der Waals surface area contributed by atoms with Gasteiger partial charge in [-0.2, -0.15) is 20.1 Å². The highest BCUT2D eigenvalue weighted by atomic mass is 16.6. The van der Waals surface area contributed by atoms with Crippen molar-refractivity contribution in [1.82, 2.24) is 15.0 Å². The maximum Gasteiger partial charge on any atom is 0.269 e. The lowest BCUT2D eigenvalue weighted by Crippen LogP contribution is -2.07. The largest absolute Gasteiger partial charge is 0.324 e. The Hall–Kier alpha value is -4.86. The van der Waals surface area contributed by atoms with Crippen LogP contribution in [0.1, 0.15) is 22.3 Å². The molecular formula is C25H24N8O2. The van der Waals surface area contributed by atoms with E-state index in [-0.39, 0.29) is 17.6 Å². The summed E-state index contributed by atoms with van der Waals surface area (Å²) in [5.74, 6) is 0.774. The molecular weight excluding hydrogens is 444 g/mol. The van der Waals surface area contributed by atoms with Gasteiger partial charge < -0.3 is 10.6 Å². The summed E-state index contributed by atoms with van der Waals surface area (Å²) in [7, 11) is 0. The molecule has 3 aromatic carbocycles. The number of benzene rings is 3. The van der Waals surface area contributed by atoms with E-state index in [1.165, 1.54) is 17.7 Å². The summed E-state index contributed by atoms with van der Waals surface area (Å²) in [6.45, 7) is 6.08. The third kappa shape index (κ3) is 6.14. The van der Waals surface area contributed by atoms with E-state index < -0.39 is 4.92 Å². The fourth-order valence-corrected chi connectivity index (χ4v) is 3.17. The number of nitrogens with one attached hydrogen (secondary N) is 3. The predicted octanol–water partition coefficient (Wildman–Crippen LogP) is 5.64. The van der Waals surface area contributed by atoms with Crippen molar-refractivity contribution >= 4 is 41.1 Å². The van der Waals surface area contributed by atoms with Gasteiger partial charge in [-0.25, -0.2) is 5.43 Å². The third-order valence-corrected chi connectivity index (χ3v) is 5.29. The lowest BCUT2D eigenvalue weighted by molar-refractivity contribution is -0.384. The number of anilines is 5. The summed E-state index contributed by atoms with van der Waals surface area (Å²) < 4.78 is 0. The van der Waals surface area contributed by atoms with E-state index in [0.29, 0.717) is 11.6 Å². The lowest BCUT2D eigenvalue weighted by atomic mass is 10.1. The van der Waals surface area contributed by atoms with Gasteiger partial charge in [-0.05, 0) is 67.3 Å². The van der Waals surface area contributed by atoms with E-state index in [2.05, 4.69) is 36.1 Å². The molecule has 1 heterocycles. The first-order valence-corrected chi connectivity index (χ1v) is 10.8. The Morgan fingerprint density at radius 1 is 0.771 bits per heavy atom. The number of rotatable bonds is 8. The van der Waals surface area contributed by atoms with Crippen molar-refractivity contribution in [2.24, 2.45) is 5.10 Å². The SMILES string of the molecule is Cc1ccc(Nc2nc(N/N=C\c3ccccc3C)nc(Nc3ccc([N+](=O)[O-])cc3)n2)cc1C. The van der Waals surface area contributed by atoms with Gasteiger partial charge in [0.15, 0.2) is 0 Å². The van der Waals surface area contributed by atoms with E-state index in [1.54, 1.807) is 18.3 Å². The average Bonchev–Trinajstić information content (AvgIpc) is 2.83. The summed E-state index contributed by atoms with van der Waals surface area (Å²) in [5, 5.41) is 21.4. The molecule has 0 radical (unpaired) electrons. The monoisotopic (exact) mass is 468 g/mol. The third-order valence-electron chi connectivity index (χ3n) is 5.29. The summed E-state index contributed by atoms with van der Waals surface area (Å²) in [6, 6.07) is 19.8. The number of hydrazone groups is 1. The molecule has 0 fully saturated rings. The molecule has 3 N–H and O–H groups in total. The summed E-state index contributed by atoms with van der Waals surface area (Å²) in [6.07, 6.45) is 1.69. The molecule has 0 atom stereocenters. The summed E-state index contributed by atoms with van der Waals surface area (Å²) >= 11 is 0. The quantitative estimate of drug-likeness (QED) is 0.172.